The number of hydrogen-bond acceptors (Lipinski definition) is 3. The quantitative estimate of drug-likeness (QED) is 0.848. The zero-order valence-electron chi connectivity index (χ0n) is 15.7. The molecule has 1 aliphatic heterocycles. The van der Waals surface area contributed by atoms with Crippen LogP contribution in [0.5, 0.6) is 5.75 Å². The lowest BCUT2D eigenvalue weighted by Crippen LogP contribution is -2.34. The topological polar surface area (TPSA) is 41.6 Å². The van der Waals surface area contributed by atoms with Crippen LogP contribution < -0.4 is 15.0 Å². The Labute approximate surface area is 156 Å². The summed E-state index contributed by atoms with van der Waals surface area (Å²) in [5, 5.41) is 2.99. The summed E-state index contributed by atoms with van der Waals surface area (Å²) in [6.45, 7) is 6.60. The molecule has 3 rings (SSSR count). The van der Waals surface area contributed by atoms with Crippen LogP contribution in [0.25, 0.3) is 0 Å². The maximum Gasteiger partial charge on any atom is 0.258 e. The van der Waals surface area contributed by atoms with Crippen molar-refractivity contribution in [3.8, 4) is 5.75 Å². The summed E-state index contributed by atoms with van der Waals surface area (Å²) < 4.78 is 5.49. The fourth-order valence-electron chi connectivity index (χ4n) is 3.43. The maximum atomic E-state index is 12.1. The number of nitrogens with one attached hydrogen (secondary N) is 1. The van der Waals surface area contributed by atoms with E-state index in [9.17, 15) is 4.79 Å². The standard InChI is InChI=1S/C22H28N2O2/c1-17-7-6-14-24(15-17)20-12-10-19(11-13-20)18(2)23-22(25)16-26-21-8-4-3-5-9-21/h3-5,8-13,17-18H,6-7,14-16H2,1-2H3,(H,23,25)/t17-,18+/m0/s1. The number of ether oxygens (including phenoxy) is 1. The molecule has 0 bridgehead atoms. The minimum absolute atomic E-state index is 0.0259. The van der Waals surface area contributed by atoms with Crippen LogP contribution in [0.1, 0.15) is 38.3 Å². The first kappa shape index (κ1) is 18.3. The number of carbonyl (C=O) groups excluding carboxylic acids is 1. The zero-order chi connectivity index (χ0) is 18.4. The second-order valence-corrected chi connectivity index (χ2v) is 7.18. The van der Waals surface area contributed by atoms with Gasteiger partial charge in [-0.15, -0.1) is 0 Å². The molecule has 26 heavy (non-hydrogen) atoms. The van der Waals surface area contributed by atoms with E-state index in [2.05, 4.69) is 41.4 Å². The van der Waals surface area contributed by atoms with E-state index < -0.39 is 0 Å². The van der Waals surface area contributed by atoms with Gasteiger partial charge in [0, 0.05) is 18.8 Å². The average molecular weight is 352 g/mol. The fraction of sp³-hybridized carbons (Fsp3) is 0.409. The van der Waals surface area contributed by atoms with Gasteiger partial charge in [0.2, 0.25) is 0 Å². The number of piperidine rings is 1. The molecular formula is C22H28N2O2. The second-order valence-electron chi connectivity index (χ2n) is 7.18. The molecule has 0 unspecified atom stereocenters. The summed E-state index contributed by atoms with van der Waals surface area (Å²) >= 11 is 0. The molecule has 0 spiro atoms. The molecule has 0 aliphatic carbocycles. The highest BCUT2D eigenvalue weighted by Crippen LogP contribution is 2.24. The molecule has 1 saturated heterocycles. The minimum Gasteiger partial charge on any atom is -0.484 e. The Morgan fingerprint density at radius 1 is 1.19 bits per heavy atom. The molecule has 1 heterocycles. The van der Waals surface area contributed by atoms with Crippen molar-refractivity contribution >= 4 is 11.6 Å². The van der Waals surface area contributed by atoms with Crippen molar-refractivity contribution < 1.29 is 9.53 Å². The first-order valence-electron chi connectivity index (χ1n) is 9.44. The van der Waals surface area contributed by atoms with Gasteiger partial charge in [-0.05, 0) is 55.5 Å². The van der Waals surface area contributed by atoms with Gasteiger partial charge in [0.1, 0.15) is 5.75 Å². The van der Waals surface area contributed by atoms with Crippen LogP contribution in [0.4, 0.5) is 5.69 Å². The number of hydrogen-bond donors (Lipinski definition) is 1. The fourth-order valence-corrected chi connectivity index (χ4v) is 3.43. The van der Waals surface area contributed by atoms with Crippen LogP contribution in [-0.2, 0) is 4.79 Å². The van der Waals surface area contributed by atoms with Gasteiger partial charge < -0.3 is 15.0 Å². The summed E-state index contributed by atoms with van der Waals surface area (Å²) in [6.07, 6.45) is 2.58. The monoisotopic (exact) mass is 352 g/mol. The molecule has 4 heteroatoms. The highest BCUT2D eigenvalue weighted by Gasteiger charge is 2.17. The Kier molecular flexibility index (Phi) is 6.16. The second kappa shape index (κ2) is 8.75. The first-order valence-corrected chi connectivity index (χ1v) is 9.44. The third-order valence-corrected chi connectivity index (χ3v) is 4.91. The Balaban J connectivity index is 1.51. The SMILES string of the molecule is C[C@H]1CCCN(c2ccc([C@@H](C)NC(=O)COc3ccccc3)cc2)C1. The molecule has 0 aromatic heterocycles. The van der Waals surface area contributed by atoms with E-state index in [0.29, 0.717) is 5.75 Å². The van der Waals surface area contributed by atoms with Crippen molar-refractivity contribution in [3.63, 3.8) is 0 Å². The minimum atomic E-state index is -0.115. The number of nitrogens with zero attached hydrogens (tertiary/aromatic N) is 1. The third-order valence-electron chi connectivity index (χ3n) is 4.91. The molecule has 0 radical (unpaired) electrons. The predicted octanol–water partition coefficient (Wildman–Crippen LogP) is 4.18. The molecule has 2 aromatic rings. The molecule has 1 fully saturated rings. The van der Waals surface area contributed by atoms with Gasteiger partial charge in [-0.2, -0.15) is 0 Å². The molecule has 2 aromatic carbocycles. The van der Waals surface area contributed by atoms with Crippen LogP contribution in [0.15, 0.2) is 54.6 Å². The van der Waals surface area contributed by atoms with E-state index in [4.69, 9.17) is 4.74 Å². The Morgan fingerprint density at radius 2 is 1.92 bits per heavy atom. The van der Waals surface area contributed by atoms with Gasteiger partial charge in [0.15, 0.2) is 6.61 Å². The average Bonchev–Trinajstić information content (AvgIpc) is 2.67. The number of carbonyl (C=O) groups is 1. The van der Waals surface area contributed by atoms with Crippen LogP contribution in [0, 0.1) is 5.92 Å². The van der Waals surface area contributed by atoms with Crippen molar-refractivity contribution in [2.45, 2.75) is 32.7 Å². The van der Waals surface area contributed by atoms with Gasteiger partial charge in [0.25, 0.3) is 5.91 Å². The van der Waals surface area contributed by atoms with E-state index in [-0.39, 0.29) is 18.6 Å². The van der Waals surface area contributed by atoms with Crippen molar-refractivity contribution in [2.24, 2.45) is 5.92 Å². The number of anilines is 1. The lowest BCUT2D eigenvalue weighted by atomic mass is 9.99. The number of benzene rings is 2. The lowest BCUT2D eigenvalue weighted by molar-refractivity contribution is -0.123. The van der Waals surface area contributed by atoms with Crippen LogP contribution in [-0.4, -0.2) is 25.6 Å². The molecule has 2 atom stereocenters. The van der Waals surface area contributed by atoms with Gasteiger partial charge in [-0.3, -0.25) is 4.79 Å². The predicted molar refractivity (Wildman–Crippen MR) is 106 cm³/mol. The highest BCUT2D eigenvalue weighted by atomic mass is 16.5. The summed E-state index contributed by atoms with van der Waals surface area (Å²) in [6, 6.07) is 17.9. The normalized spacial score (nSPS) is 18.2. The largest absolute Gasteiger partial charge is 0.484 e. The van der Waals surface area contributed by atoms with E-state index in [1.54, 1.807) is 0 Å². The maximum absolute atomic E-state index is 12.1. The Hall–Kier alpha value is -2.49. The van der Waals surface area contributed by atoms with Crippen molar-refractivity contribution in [2.75, 3.05) is 24.6 Å². The zero-order valence-corrected chi connectivity index (χ0v) is 15.7. The highest BCUT2D eigenvalue weighted by molar-refractivity contribution is 5.78. The van der Waals surface area contributed by atoms with E-state index in [1.807, 2.05) is 37.3 Å². The van der Waals surface area contributed by atoms with E-state index >= 15 is 0 Å². The summed E-state index contributed by atoms with van der Waals surface area (Å²) in [5.74, 6) is 1.34. The van der Waals surface area contributed by atoms with Crippen LogP contribution >= 0.6 is 0 Å². The number of amides is 1. The summed E-state index contributed by atoms with van der Waals surface area (Å²) in [4.78, 5) is 14.6. The summed E-state index contributed by atoms with van der Waals surface area (Å²) in [7, 11) is 0. The molecule has 138 valence electrons. The van der Waals surface area contributed by atoms with Gasteiger partial charge in [-0.1, -0.05) is 37.3 Å². The summed E-state index contributed by atoms with van der Waals surface area (Å²) in [5.41, 5.74) is 2.37. The molecule has 4 nitrogen and oxygen atoms in total. The van der Waals surface area contributed by atoms with Crippen LogP contribution in [0.2, 0.25) is 0 Å². The van der Waals surface area contributed by atoms with Crippen molar-refractivity contribution in [1.82, 2.24) is 5.32 Å². The first-order chi connectivity index (χ1) is 12.6. The van der Waals surface area contributed by atoms with Crippen molar-refractivity contribution in [1.29, 1.82) is 0 Å². The van der Waals surface area contributed by atoms with Crippen LogP contribution in [0.3, 0.4) is 0 Å². The van der Waals surface area contributed by atoms with Gasteiger partial charge in [-0.25, -0.2) is 0 Å². The number of rotatable bonds is 6. The molecule has 1 N–H and O–H groups in total. The van der Waals surface area contributed by atoms with Gasteiger partial charge >= 0.3 is 0 Å². The van der Waals surface area contributed by atoms with E-state index in [1.165, 1.54) is 18.5 Å². The van der Waals surface area contributed by atoms with Gasteiger partial charge in [0.05, 0.1) is 6.04 Å². The number of para-hydroxylation sites is 1. The molecular weight excluding hydrogens is 324 g/mol. The molecule has 1 aliphatic rings. The lowest BCUT2D eigenvalue weighted by Gasteiger charge is -2.33. The van der Waals surface area contributed by atoms with Crippen molar-refractivity contribution in [3.05, 3.63) is 60.2 Å². The van der Waals surface area contributed by atoms with E-state index in [0.717, 1.165) is 24.6 Å². The molecule has 0 saturated carbocycles. The third kappa shape index (κ3) is 5.01. The Morgan fingerprint density at radius 3 is 2.62 bits per heavy atom. The smallest absolute Gasteiger partial charge is 0.258 e. The molecule has 1 amide bonds. The Bertz CT molecular complexity index is 700.